The van der Waals surface area contributed by atoms with Crippen LogP contribution in [0.3, 0.4) is 0 Å². The van der Waals surface area contributed by atoms with Gasteiger partial charge in [-0.2, -0.15) is 10.1 Å². The van der Waals surface area contributed by atoms with Crippen LogP contribution in [0.4, 0.5) is 5.69 Å². The van der Waals surface area contributed by atoms with E-state index < -0.39 is 0 Å². The summed E-state index contributed by atoms with van der Waals surface area (Å²) in [5.41, 5.74) is 3.00. The molecule has 21 heavy (non-hydrogen) atoms. The van der Waals surface area contributed by atoms with Gasteiger partial charge in [-0.05, 0) is 42.8 Å². The van der Waals surface area contributed by atoms with Crippen molar-refractivity contribution >= 4 is 35.0 Å². The summed E-state index contributed by atoms with van der Waals surface area (Å²) in [4.78, 5) is 12.5. The first-order valence-electron chi connectivity index (χ1n) is 6.57. The molecule has 0 aliphatic carbocycles. The van der Waals surface area contributed by atoms with Gasteiger partial charge in [0.1, 0.15) is 0 Å². The van der Waals surface area contributed by atoms with Gasteiger partial charge in [0.05, 0.1) is 17.0 Å². The monoisotopic (exact) mass is 296 g/mol. The van der Waals surface area contributed by atoms with E-state index in [4.69, 9.17) is 11.6 Å². The third-order valence-corrected chi connectivity index (χ3v) is 3.50. The predicted octanol–water partition coefficient (Wildman–Crippen LogP) is 4.15. The van der Waals surface area contributed by atoms with E-state index in [0.717, 1.165) is 5.56 Å². The lowest BCUT2D eigenvalue weighted by Crippen LogP contribution is -2.21. The standard InChI is InChI=1S/C17H13ClN2O/c1-12-16(11-13-5-3-2-4-6-13)17(21)20(19-12)15-9-7-14(18)8-10-15/h2-11H,1H3/b16-11+. The molecule has 3 rings (SSSR count). The Labute approximate surface area is 128 Å². The van der Waals surface area contributed by atoms with Crippen LogP contribution in [0.5, 0.6) is 0 Å². The van der Waals surface area contributed by atoms with Gasteiger partial charge in [-0.1, -0.05) is 41.9 Å². The molecular weight excluding hydrogens is 284 g/mol. The summed E-state index contributed by atoms with van der Waals surface area (Å²) in [6.45, 7) is 1.84. The molecule has 1 aliphatic rings. The Kier molecular flexibility index (Phi) is 3.59. The maximum atomic E-state index is 12.5. The van der Waals surface area contributed by atoms with Crippen LogP contribution >= 0.6 is 11.6 Å². The molecule has 1 amide bonds. The topological polar surface area (TPSA) is 32.7 Å². The zero-order valence-corrected chi connectivity index (χ0v) is 12.2. The van der Waals surface area contributed by atoms with E-state index in [1.165, 1.54) is 5.01 Å². The first kappa shape index (κ1) is 13.6. The number of rotatable bonds is 2. The van der Waals surface area contributed by atoms with Crippen LogP contribution in [-0.2, 0) is 4.79 Å². The Morgan fingerprint density at radius 1 is 1.05 bits per heavy atom. The molecule has 4 heteroatoms. The Balaban J connectivity index is 1.94. The van der Waals surface area contributed by atoms with Crippen molar-refractivity contribution < 1.29 is 4.79 Å². The lowest BCUT2D eigenvalue weighted by atomic mass is 10.1. The number of halogens is 1. The van der Waals surface area contributed by atoms with E-state index in [2.05, 4.69) is 5.10 Å². The molecule has 0 saturated heterocycles. The maximum Gasteiger partial charge on any atom is 0.280 e. The van der Waals surface area contributed by atoms with Crippen LogP contribution in [-0.4, -0.2) is 11.6 Å². The van der Waals surface area contributed by atoms with Crippen molar-refractivity contribution in [2.45, 2.75) is 6.92 Å². The SMILES string of the molecule is CC1=NN(c2ccc(Cl)cc2)C(=O)/C1=C/c1ccccc1. The number of hydrogen-bond acceptors (Lipinski definition) is 2. The second kappa shape index (κ2) is 5.54. The van der Waals surface area contributed by atoms with Gasteiger partial charge in [-0.25, -0.2) is 0 Å². The summed E-state index contributed by atoms with van der Waals surface area (Å²) >= 11 is 5.87. The number of hydrazone groups is 1. The number of hydrogen-bond donors (Lipinski definition) is 0. The van der Waals surface area contributed by atoms with Crippen LogP contribution in [0.25, 0.3) is 6.08 Å². The second-order valence-corrected chi connectivity index (χ2v) is 5.18. The number of nitrogens with zero attached hydrogens (tertiary/aromatic N) is 2. The van der Waals surface area contributed by atoms with E-state index >= 15 is 0 Å². The molecule has 0 bridgehead atoms. The van der Waals surface area contributed by atoms with Crippen LogP contribution < -0.4 is 5.01 Å². The fourth-order valence-corrected chi connectivity index (χ4v) is 2.28. The van der Waals surface area contributed by atoms with Crippen molar-refractivity contribution in [3.05, 3.63) is 70.8 Å². The van der Waals surface area contributed by atoms with Gasteiger partial charge in [0, 0.05) is 5.02 Å². The minimum absolute atomic E-state index is 0.126. The van der Waals surface area contributed by atoms with E-state index in [1.807, 2.05) is 43.3 Å². The lowest BCUT2D eigenvalue weighted by Gasteiger charge is -2.11. The molecule has 0 N–H and O–H groups in total. The highest BCUT2D eigenvalue weighted by atomic mass is 35.5. The molecule has 3 nitrogen and oxygen atoms in total. The van der Waals surface area contributed by atoms with Gasteiger partial charge in [0.25, 0.3) is 5.91 Å². The van der Waals surface area contributed by atoms with Crippen LogP contribution in [0.15, 0.2) is 65.3 Å². The number of benzene rings is 2. The molecule has 2 aromatic carbocycles. The molecule has 104 valence electrons. The highest BCUT2D eigenvalue weighted by molar-refractivity contribution is 6.32. The Bertz CT molecular complexity index is 733. The fraction of sp³-hybridized carbons (Fsp3) is 0.0588. The molecule has 0 saturated carbocycles. The first-order valence-corrected chi connectivity index (χ1v) is 6.95. The summed E-state index contributed by atoms with van der Waals surface area (Å²) < 4.78 is 0. The zero-order chi connectivity index (χ0) is 14.8. The van der Waals surface area contributed by atoms with Crippen molar-refractivity contribution in [3.8, 4) is 0 Å². The van der Waals surface area contributed by atoms with E-state index in [0.29, 0.717) is 22.0 Å². The quantitative estimate of drug-likeness (QED) is 0.766. The van der Waals surface area contributed by atoms with Crippen molar-refractivity contribution in [2.75, 3.05) is 5.01 Å². The molecule has 0 aromatic heterocycles. The van der Waals surface area contributed by atoms with Gasteiger partial charge in [0.2, 0.25) is 0 Å². The number of amides is 1. The summed E-state index contributed by atoms with van der Waals surface area (Å²) in [5, 5.41) is 6.37. The van der Waals surface area contributed by atoms with Crippen molar-refractivity contribution in [1.82, 2.24) is 0 Å². The average Bonchev–Trinajstić information content (AvgIpc) is 2.77. The van der Waals surface area contributed by atoms with E-state index in [9.17, 15) is 4.79 Å². The van der Waals surface area contributed by atoms with Crippen LogP contribution in [0.2, 0.25) is 5.02 Å². The number of carbonyl (C=O) groups excluding carboxylic acids is 1. The van der Waals surface area contributed by atoms with Crippen molar-refractivity contribution in [1.29, 1.82) is 0 Å². The summed E-state index contributed by atoms with van der Waals surface area (Å²) in [7, 11) is 0. The zero-order valence-electron chi connectivity index (χ0n) is 11.5. The fourth-order valence-electron chi connectivity index (χ4n) is 2.16. The third-order valence-electron chi connectivity index (χ3n) is 3.24. The molecule has 0 unspecified atom stereocenters. The molecular formula is C17H13ClN2O. The van der Waals surface area contributed by atoms with Gasteiger partial charge in [0.15, 0.2) is 0 Å². The van der Waals surface area contributed by atoms with Crippen molar-refractivity contribution in [2.24, 2.45) is 5.10 Å². The van der Waals surface area contributed by atoms with Gasteiger partial charge in [-0.15, -0.1) is 0 Å². The Hall–Kier alpha value is -2.39. The molecule has 0 radical (unpaired) electrons. The molecule has 1 aliphatic heterocycles. The number of carbonyl (C=O) groups is 1. The highest BCUT2D eigenvalue weighted by Crippen LogP contribution is 2.26. The molecule has 2 aromatic rings. The largest absolute Gasteiger partial charge is 0.280 e. The van der Waals surface area contributed by atoms with Gasteiger partial charge in [-0.3, -0.25) is 4.79 Å². The first-order chi connectivity index (χ1) is 10.1. The minimum Gasteiger partial charge on any atom is -0.267 e. The average molecular weight is 297 g/mol. The summed E-state index contributed by atoms with van der Waals surface area (Å²) in [6, 6.07) is 16.8. The van der Waals surface area contributed by atoms with E-state index in [-0.39, 0.29) is 5.91 Å². The Morgan fingerprint density at radius 3 is 2.38 bits per heavy atom. The van der Waals surface area contributed by atoms with Crippen LogP contribution in [0.1, 0.15) is 12.5 Å². The second-order valence-electron chi connectivity index (χ2n) is 4.75. The van der Waals surface area contributed by atoms with Crippen molar-refractivity contribution in [3.63, 3.8) is 0 Å². The maximum absolute atomic E-state index is 12.5. The minimum atomic E-state index is -0.126. The smallest absolute Gasteiger partial charge is 0.267 e. The predicted molar refractivity (Wildman–Crippen MR) is 86.5 cm³/mol. The summed E-state index contributed by atoms with van der Waals surface area (Å²) in [5.74, 6) is -0.126. The molecule has 0 atom stereocenters. The van der Waals surface area contributed by atoms with Gasteiger partial charge >= 0.3 is 0 Å². The summed E-state index contributed by atoms with van der Waals surface area (Å²) in [6.07, 6.45) is 1.86. The van der Waals surface area contributed by atoms with E-state index in [1.54, 1.807) is 24.3 Å². The van der Waals surface area contributed by atoms with Crippen LogP contribution in [0, 0.1) is 0 Å². The molecule has 0 spiro atoms. The lowest BCUT2D eigenvalue weighted by molar-refractivity contribution is -0.114. The number of anilines is 1. The molecule has 0 fully saturated rings. The third kappa shape index (κ3) is 2.73. The van der Waals surface area contributed by atoms with Gasteiger partial charge < -0.3 is 0 Å². The normalized spacial score (nSPS) is 16.5. The highest BCUT2D eigenvalue weighted by Gasteiger charge is 2.28. The Morgan fingerprint density at radius 2 is 1.71 bits per heavy atom. The molecule has 1 heterocycles.